The number of nitrogens with zero attached hydrogens (tertiary/aromatic N) is 1. The van der Waals surface area contributed by atoms with Crippen molar-refractivity contribution in [2.24, 2.45) is 0 Å². The Morgan fingerprint density at radius 2 is 1.93 bits per heavy atom. The first-order chi connectivity index (χ1) is 13.5. The smallest absolute Gasteiger partial charge is 0.286 e. The predicted octanol–water partition coefficient (Wildman–Crippen LogP) is 4.44. The maximum Gasteiger partial charge on any atom is 0.286 e. The molecule has 1 aromatic heterocycles. The summed E-state index contributed by atoms with van der Waals surface area (Å²) in [6.45, 7) is 0.499. The van der Waals surface area contributed by atoms with Gasteiger partial charge in [-0.25, -0.2) is 0 Å². The van der Waals surface area contributed by atoms with Crippen LogP contribution in [0, 0.1) is 0 Å². The molecule has 1 atom stereocenters. The third kappa shape index (κ3) is 4.00. The zero-order valence-corrected chi connectivity index (χ0v) is 17.2. The number of hydrogen-bond acceptors (Lipinski definition) is 6. The molecule has 1 fully saturated rings. The average molecular weight is 413 g/mol. The van der Waals surface area contributed by atoms with Crippen molar-refractivity contribution in [2.45, 2.75) is 18.3 Å². The van der Waals surface area contributed by atoms with E-state index in [1.54, 1.807) is 11.3 Å². The van der Waals surface area contributed by atoms with Crippen molar-refractivity contribution < 1.29 is 14.3 Å². The topological polar surface area (TPSA) is 58.6 Å². The quantitative estimate of drug-likeness (QED) is 0.649. The van der Waals surface area contributed by atoms with Gasteiger partial charge in [0, 0.05) is 41.3 Å². The Balaban J connectivity index is 1.48. The molecule has 2 aromatic carbocycles. The van der Waals surface area contributed by atoms with E-state index in [0.29, 0.717) is 13.0 Å². The van der Waals surface area contributed by atoms with Gasteiger partial charge in [-0.15, -0.1) is 11.3 Å². The molecule has 1 saturated heterocycles. The van der Waals surface area contributed by atoms with Gasteiger partial charge < -0.3 is 9.64 Å². The summed E-state index contributed by atoms with van der Waals surface area (Å²) in [4.78, 5) is 26.3. The molecule has 1 unspecified atom stereocenters. The lowest BCUT2D eigenvalue weighted by atomic mass is 10.2. The van der Waals surface area contributed by atoms with Gasteiger partial charge in [-0.05, 0) is 35.7 Å². The molecule has 28 heavy (non-hydrogen) atoms. The summed E-state index contributed by atoms with van der Waals surface area (Å²) in [7, 11) is 4.04. The van der Waals surface area contributed by atoms with Gasteiger partial charge in [0.2, 0.25) is 5.91 Å². The van der Waals surface area contributed by atoms with Crippen LogP contribution in [0.4, 0.5) is 10.5 Å². The van der Waals surface area contributed by atoms with E-state index < -0.39 is 0 Å². The molecule has 1 N–H and O–H groups in total. The minimum atomic E-state index is -0.334. The largest absolute Gasteiger partial charge is 0.489 e. The van der Waals surface area contributed by atoms with E-state index in [-0.39, 0.29) is 16.4 Å². The van der Waals surface area contributed by atoms with Crippen LogP contribution in [0.1, 0.15) is 10.4 Å². The lowest BCUT2D eigenvalue weighted by Gasteiger charge is -2.17. The van der Waals surface area contributed by atoms with Crippen LogP contribution in [0.15, 0.2) is 48.5 Å². The molecule has 0 aliphatic carbocycles. The predicted molar refractivity (Wildman–Crippen MR) is 116 cm³/mol. The minimum Gasteiger partial charge on any atom is -0.489 e. The zero-order chi connectivity index (χ0) is 19.7. The average Bonchev–Trinajstić information content (AvgIpc) is 3.21. The van der Waals surface area contributed by atoms with Crippen molar-refractivity contribution in [2.75, 3.05) is 19.0 Å². The van der Waals surface area contributed by atoms with Gasteiger partial charge in [0.25, 0.3) is 5.24 Å². The minimum absolute atomic E-state index is 0.198. The number of anilines is 1. The number of nitrogens with one attached hydrogen (secondary N) is 1. The molecule has 1 aliphatic rings. The van der Waals surface area contributed by atoms with Crippen molar-refractivity contribution in [1.82, 2.24) is 5.32 Å². The van der Waals surface area contributed by atoms with E-state index >= 15 is 0 Å². The summed E-state index contributed by atoms with van der Waals surface area (Å²) >= 11 is 2.71. The molecule has 0 bridgehead atoms. The third-order valence-electron chi connectivity index (χ3n) is 4.56. The molecule has 0 spiro atoms. The Morgan fingerprint density at radius 3 is 2.68 bits per heavy atom. The van der Waals surface area contributed by atoms with Crippen LogP contribution in [-0.2, 0) is 17.8 Å². The molecular weight excluding hydrogens is 392 g/mol. The fourth-order valence-electron chi connectivity index (χ4n) is 3.20. The first-order valence-corrected chi connectivity index (χ1v) is 10.6. The number of amides is 2. The highest BCUT2D eigenvalue weighted by atomic mass is 32.2. The molecule has 2 heterocycles. The first kappa shape index (κ1) is 18.8. The second-order valence-electron chi connectivity index (χ2n) is 6.81. The number of thioether (sulfide) groups is 1. The zero-order valence-electron chi connectivity index (χ0n) is 15.6. The van der Waals surface area contributed by atoms with Crippen LogP contribution >= 0.6 is 23.1 Å². The molecule has 3 aromatic rings. The fraction of sp³-hybridized carbons (Fsp3) is 0.238. The number of fused-ring (bicyclic) bond motifs is 1. The second-order valence-corrected chi connectivity index (χ2v) is 9.16. The SMILES string of the molecule is CN(C)c1ccccc1COc1ccc2cc(CC3SC(=O)NC3=O)sc2c1. The van der Waals surface area contributed by atoms with Crippen LogP contribution < -0.4 is 15.0 Å². The van der Waals surface area contributed by atoms with Gasteiger partial charge in [0.1, 0.15) is 12.4 Å². The van der Waals surface area contributed by atoms with Gasteiger partial charge in [-0.1, -0.05) is 30.0 Å². The monoisotopic (exact) mass is 412 g/mol. The summed E-state index contributed by atoms with van der Waals surface area (Å²) in [5.41, 5.74) is 2.28. The van der Waals surface area contributed by atoms with Crippen LogP contribution in [0.2, 0.25) is 0 Å². The van der Waals surface area contributed by atoms with Crippen molar-refractivity contribution >= 4 is 50.0 Å². The van der Waals surface area contributed by atoms with Gasteiger partial charge in [0.05, 0.1) is 5.25 Å². The number of hydrogen-bond donors (Lipinski definition) is 1. The molecule has 1 aliphatic heterocycles. The molecule has 144 valence electrons. The van der Waals surface area contributed by atoms with E-state index in [1.165, 1.54) is 0 Å². The van der Waals surface area contributed by atoms with Gasteiger partial charge in [-0.3, -0.25) is 14.9 Å². The maximum atomic E-state index is 11.8. The maximum absolute atomic E-state index is 11.8. The fourth-order valence-corrected chi connectivity index (χ4v) is 5.29. The van der Waals surface area contributed by atoms with Crippen LogP contribution in [0.3, 0.4) is 0 Å². The lowest BCUT2D eigenvalue weighted by Crippen LogP contribution is -2.25. The number of ether oxygens (including phenoxy) is 1. The first-order valence-electron chi connectivity index (χ1n) is 8.91. The molecular formula is C21H20N2O3S2. The number of thiophene rings is 1. The number of rotatable bonds is 6. The molecule has 0 radical (unpaired) electrons. The molecule has 0 saturated carbocycles. The van der Waals surface area contributed by atoms with Crippen molar-refractivity contribution in [3.63, 3.8) is 0 Å². The number of para-hydroxylation sites is 1. The third-order valence-corrected chi connectivity index (χ3v) is 6.67. The Kier molecular flexibility index (Phi) is 5.28. The Labute approximate surface area is 171 Å². The van der Waals surface area contributed by atoms with Crippen LogP contribution in [0.25, 0.3) is 10.1 Å². The van der Waals surface area contributed by atoms with E-state index in [0.717, 1.165) is 43.7 Å². The van der Waals surface area contributed by atoms with Crippen LogP contribution in [0.5, 0.6) is 5.75 Å². The highest BCUT2D eigenvalue weighted by Crippen LogP contribution is 2.33. The number of imide groups is 1. The van der Waals surface area contributed by atoms with Crippen molar-refractivity contribution in [3.05, 3.63) is 59.0 Å². The van der Waals surface area contributed by atoms with E-state index in [2.05, 4.69) is 28.4 Å². The summed E-state index contributed by atoms with van der Waals surface area (Å²) in [5, 5.41) is 2.87. The molecule has 4 rings (SSSR count). The summed E-state index contributed by atoms with van der Waals surface area (Å²) < 4.78 is 7.15. The Bertz CT molecular complexity index is 1050. The van der Waals surface area contributed by atoms with E-state index in [4.69, 9.17) is 4.74 Å². The van der Waals surface area contributed by atoms with Gasteiger partial charge in [-0.2, -0.15) is 0 Å². The van der Waals surface area contributed by atoms with Gasteiger partial charge >= 0.3 is 0 Å². The van der Waals surface area contributed by atoms with Crippen molar-refractivity contribution in [1.29, 1.82) is 0 Å². The number of benzene rings is 2. The summed E-state index contributed by atoms with van der Waals surface area (Å²) in [5.74, 6) is 0.619. The summed E-state index contributed by atoms with van der Waals surface area (Å²) in [6, 6.07) is 16.3. The Morgan fingerprint density at radius 1 is 1.11 bits per heavy atom. The van der Waals surface area contributed by atoms with E-state index in [9.17, 15) is 9.59 Å². The van der Waals surface area contributed by atoms with Crippen LogP contribution in [-0.4, -0.2) is 30.5 Å². The second kappa shape index (κ2) is 7.85. The highest BCUT2D eigenvalue weighted by molar-refractivity contribution is 8.15. The normalized spacial score (nSPS) is 16.4. The summed E-state index contributed by atoms with van der Waals surface area (Å²) in [6.07, 6.45) is 0.563. The molecule has 5 nitrogen and oxygen atoms in total. The van der Waals surface area contributed by atoms with E-state index in [1.807, 2.05) is 44.4 Å². The number of carbonyl (C=O) groups excluding carboxylic acids is 2. The highest BCUT2D eigenvalue weighted by Gasteiger charge is 2.31. The standard InChI is InChI=1S/C21H20N2O3S2/c1-23(2)17-6-4-3-5-14(17)12-26-15-8-7-13-9-16(27-18(13)10-15)11-19-20(24)22-21(25)28-19/h3-10,19H,11-12H2,1-2H3,(H,22,24,25). The lowest BCUT2D eigenvalue weighted by molar-refractivity contribution is -0.118. The van der Waals surface area contributed by atoms with Gasteiger partial charge in [0.15, 0.2) is 0 Å². The molecule has 7 heteroatoms. The number of carbonyl (C=O) groups is 2. The molecule has 2 amide bonds. The van der Waals surface area contributed by atoms with Crippen molar-refractivity contribution in [3.8, 4) is 5.75 Å². The Hall–Kier alpha value is -2.51.